The molecule has 1 heterocycles. The standard InChI is InChI=1S/C27H30IN3O5/c1-17(33)31(12-10-20-14-18-6-2-4-8-22(18)30-20)23-15-19(27(35)29-11-13-32)16-25(26(23)34)36-24-9-5-3-7-21(24)28/h2-9,14,16,23,25-26,30,32,34H,10-13,15H2,1H3,(H,29,35)/t23-,25+,26+/m1/s1. The summed E-state index contributed by atoms with van der Waals surface area (Å²) in [5, 5.41) is 24.2. The zero-order valence-corrected chi connectivity index (χ0v) is 22.1. The number of halogens is 1. The van der Waals surface area contributed by atoms with Crippen molar-refractivity contribution >= 4 is 45.3 Å². The van der Waals surface area contributed by atoms with Crippen molar-refractivity contribution in [3.63, 3.8) is 0 Å². The van der Waals surface area contributed by atoms with Gasteiger partial charge in [-0.3, -0.25) is 9.59 Å². The van der Waals surface area contributed by atoms with Crippen LogP contribution in [0.3, 0.4) is 0 Å². The van der Waals surface area contributed by atoms with E-state index in [1.807, 2.05) is 42.5 Å². The molecule has 4 N–H and O–H groups in total. The predicted octanol–water partition coefficient (Wildman–Crippen LogP) is 2.78. The number of aromatic amines is 1. The van der Waals surface area contributed by atoms with Crippen LogP contribution in [0.5, 0.6) is 5.75 Å². The molecule has 3 atom stereocenters. The smallest absolute Gasteiger partial charge is 0.247 e. The molecular weight excluding hydrogens is 573 g/mol. The van der Waals surface area contributed by atoms with E-state index in [4.69, 9.17) is 9.84 Å². The minimum atomic E-state index is -1.04. The zero-order valence-electron chi connectivity index (χ0n) is 20.0. The molecule has 1 aliphatic carbocycles. The fraction of sp³-hybridized carbons (Fsp3) is 0.333. The first-order valence-corrected chi connectivity index (χ1v) is 13.0. The zero-order chi connectivity index (χ0) is 25.7. The van der Waals surface area contributed by atoms with Crippen molar-refractivity contribution < 1.29 is 24.5 Å². The van der Waals surface area contributed by atoms with Crippen molar-refractivity contribution in [1.82, 2.24) is 15.2 Å². The fourth-order valence-corrected chi connectivity index (χ4v) is 5.05. The summed E-state index contributed by atoms with van der Waals surface area (Å²) in [5.41, 5.74) is 2.42. The Hall–Kier alpha value is -2.89. The van der Waals surface area contributed by atoms with Gasteiger partial charge in [0.05, 0.1) is 16.2 Å². The average molecular weight is 603 g/mol. The number of benzene rings is 2. The van der Waals surface area contributed by atoms with E-state index in [2.05, 4.69) is 39.0 Å². The third-order valence-corrected chi connectivity index (χ3v) is 7.22. The number of para-hydroxylation sites is 2. The Morgan fingerprint density at radius 2 is 1.94 bits per heavy atom. The molecule has 0 bridgehead atoms. The second-order valence-electron chi connectivity index (χ2n) is 8.79. The van der Waals surface area contributed by atoms with Gasteiger partial charge in [0.1, 0.15) is 18.0 Å². The van der Waals surface area contributed by atoms with Gasteiger partial charge in [0, 0.05) is 49.6 Å². The normalized spacial score (nSPS) is 19.6. The van der Waals surface area contributed by atoms with Gasteiger partial charge in [0.25, 0.3) is 0 Å². The van der Waals surface area contributed by atoms with Crippen molar-refractivity contribution in [2.45, 2.75) is 38.0 Å². The molecule has 8 nitrogen and oxygen atoms in total. The fourth-order valence-electron chi connectivity index (χ4n) is 4.53. The number of nitrogens with zero attached hydrogens (tertiary/aromatic N) is 1. The van der Waals surface area contributed by atoms with Crippen LogP contribution < -0.4 is 10.1 Å². The van der Waals surface area contributed by atoms with Gasteiger partial charge in [-0.2, -0.15) is 0 Å². The number of rotatable bonds is 9. The molecule has 0 saturated heterocycles. The van der Waals surface area contributed by atoms with Gasteiger partial charge < -0.3 is 30.2 Å². The van der Waals surface area contributed by atoms with E-state index in [9.17, 15) is 14.7 Å². The van der Waals surface area contributed by atoms with Crippen molar-refractivity contribution in [2.24, 2.45) is 0 Å². The Morgan fingerprint density at radius 3 is 2.67 bits per heavy atom. The number of H-pyrrole nitrogens is 1. The van der Waals surface area contributed by atoms with Crippen LogP contribution in [0, 0.1) is 3.57 Å². The maximum absolute atomic E-state index is 12.8. The number of amides is 2. The highest BCUT2D eigenvalue weighted by Gasteiger charge is 2.39. The second kappa shape index (κ2) is 11.9. The van der Waals surface area contributed by atoms with Crippen LogP contribution in [-0.4, -0.2) is 69.9 Å². The van der Waals surface area contributed by atoms with E-state index < -0.39 is 18.2 Å². The summed E-state index contributed by atoms with van der Waals surface area (Å²) in [5.74, 6) is 0.0401. The summed E-state index contributed by atoms with van der Waals surface area (Å²) in [4.78, 5) is 30.6. The molecule has 4 rings (SSSR count). The quantitative estimate of drug-likeness (QED) is 0.281. The highest BCUT2D eigenvalue weighted by atomic mass is 127. The van der Waals surface area contributed by atoms with Crippen molar-refractivity contribution in [3.05, 3.63) is 75.5 Å². The maximum atomic E-state index is 12.8. The maximum Gasteiger partial charge on any atom is 0.247 e. The van der Waals surface area contributed by atoms with Gasteiger partial charge in [-0.25, -0.2) is 0 Å². The second-order valence-corrected chi connectivity index (χ2v) is 9.95. The third-order valence-electron chi connectivity index (χ3n) is 6.33. The number of hydrogen-bond acceptors (Lipinski definition) is 5. The van der Waals surface area contributed by atoms with Gasteiger partial charge in [0.2, 0.25) is 11.8 Å². The lowest BCUT2D eigenvalue weighted by molar-refractivity contribution is -0.136. The first-order valence-electron chi connectivity index (χ1n) is 11.9. The van der Waals surface area contributed by atoms with Crippen LogP contribution in [0.2, 0.25) is 0 Å². The first-order chi connectivity index (χ1) is 17.4. The van der Waals surface area contributed by atoms with E-state index in [0.29, 0.717) is 24.3 Å². The van der Waals surface area contributed by atoms with E-state index >= 15 is 0 Å². The van der Waals surface area contributed by atoms with Crippen LogP contribution in [0.1, 0.15) is 19.0 Å². The summed E-state index contributed by atoms with van der Waals surface area (Å²) in [6.07, 6.45) is 0.491. The lowest BCUT2D eigenvalue weighted by Gasteiger charge is -2.40. The van der Waals surface area contributed by atoms with Crippen LogP contribution in [0.15, 0.2) is 66.2 Å². The molecule has 0 fully saturated rings. The van der Waals surface area contributed by atoms with Gasteiger partial charge in [0.15, 0.2) is 0 Å². The molecule has 1 aliphatic rings. The highest BCUT2D eigenvalue weighted by Crippen LogP contribution is 2.30. The minimum Gasteiger partial charge on any atom is -0.482 e. The molecular formula is C27H30IN3O5. The Balaban J connectivity index is 1.58. The number of hydrogen-bond donors (Lipinski definition) is 4. The topological polar surface area (TPSA) is 115 Å². The van der Waals surface area contributed by atoms with Crippen LogP contribution >= 0.6 is 22.6 Å². The molecule has 0 spiro atoms. The van der Waals surface area contributed by atoms with Crippen LogP contribution in [-0.2, 0) is 16.0 Å². The minimum absolute atomic E-state index is 0.113. The van der Waals surface area contributed by atoms with Crippen molar-refractivity contribution in [3.8, 4) is 5.75 Å². The molecule has 9 heteroatoms. The molecule has 0 aliphatic heterocycles. The predicted molar refractivity (Wildman–Crippen MR) is 146 cm³/mol. The van der Waals surface area contributed by atoms with Gasteiger partial charge in [-0.1, -0.05) is 30.3 Å². The first kappa shape index (κ1) is 26.2. The molecule has 0 unspecified atom stereocenters. The van der Waals surface area contributed by atoms with E-state index in [1.54, 1.807) is 17.0 Å². The summed E-state index contributed by atoms with van der Waals surface area (Å²) in [6.45, 7) is 1.77. The van der Waals surface area contributed by atoms with Gasteiger partial charge >= 0.3 is 0 Å². The largest absolute Gasteiger partial charge is 0.482 e. The molecule has 36 heavy (non-hydrogen) atoms. The SMILES string of the molecule is CC(=O)N(CCc1cc2ccccc2[nH]1)[C@@H]1CC(C(=O)NCCO)=C[C@H](Oc2ccccc2I)[C@H]1O. The van der Waals surface area contributed by atoms with E-state index in [-0.39, 0.29) is 31.4 Å². The number of aliphatic hydroxyl groups excluding tert-OH is 2. The molecule has 190 valence electrons. The number of fused-ring (bicyclic) bond motifs is 1. The summed E-state index contributed by atoms with van der Waals surface area (Å²) in [6, 6.07) is 16.8. The van der Waals surface area contributed by atoms with Gasteiger partial charge in [-0.05, 0) is 58.3 Å². The number of ether oxygens (including phenoxy) is 1. The number of carbonyl (C=O) groups excluding carboxylic acids is 2. The average Bonchev–Trinajstić information content (AvgIpc) is 3.28. The Bertz CT molecular complexity index is 1220. The number of carbonyl (C=O) groups is 2. The monoisotopic (exact) mass is 603 g/mol. The summed E-state index contributed by atoms with van der Waals surface area (Å²) in [7, 11) is 0. The highest BCUT2D eigenvalue weighted by molar-refractivity contribution is 14.1. The Kier molecular flexibility index (Phi) is 8.65. The van der Waals surface area contributed by atoms with E-state index in [0.717, 1.165) is 20.2 Å². The molecule has 1 aromatic heterocycles. The molecule has 2 aromatic carbocycles. The molecule has 2 amide bonds. The number of nitrogens with one attached hydrogen (secondary N) is 2. The van der Waals surface area contributed by atoms with Crippen LogP contribution in [0.25, 0.3) is 10.9 Å². The molecule has 0 saturated carbocycles. The van der Waals surface area contributed by atoms with E-state index in [1.165, 1.54) is 6.92 Å². The lowest BCUT2D eigenvalue weighted by atomic mass is 9.88. The van der Waals surface area contributed by atoms with Crippen LogP contribution in [0.4, 0.5) is 0 Å². The van der Waals surface area contributed by atoms with Crippen molar-refractivity contribution in [2.75, 3.05) is 19.7 Å². The number of aromatic nitrogens is 1. The van der Waals surface area contributed by atoms with Gasteiger partial charge in [-0.15, -0.1) is 0 Å². The summed E-state index contributed by atoms with van der Waals surface area (Å²) < 4.78 is 7.01. The summed E-state index contributed by atoms with van der Waals surface area (Å²) >= 11 is 2.15. The Labute approximate surface area is 223 Å². The Morgan fingerprint density at radius 1 is 1.19 bits per heavy atom. The van der Waals surface area contributed by atoms with Crippen molar-refractivity contribution in [1.29, 1.82) is 0 Å². The lowest BCUT2D eigenvalue weighted by Crippen LogP contribution is -2.55. The molecule has 0 radical (unpaired) electrons. The molecule has 3 aromatic rings. The third kappa shape index (κ3) is 6.08. The number of aliphatic hydroxyl groups is 2.